The summed E-state index contributed by atoms with van der Waals surface area (Å²) in [6.45, 7) is 3.74. The minimum Gasteiger partial charge on any atom is -0.479 e. The SMILES string of the molecule is COC(C(=O)O)C1(c2cc(C)oc2C)CC1. The molecule has 2 rings (SSSR count). The highest BCUT2D eigenvalue weighted by molar-refractivity contribution is 5.76. The molecule has 1 aromatic rings. The van der Waals surface area contributed by atoms with Gasteiger partial charge >= 0.3 is 5.97 Å². The summed E-state index contributed by atoms with van der Waals surface area (Å²) in [5.41, 5.74) is 0.613. The molecule has 1 saturated carbocycles. The van der Waals surface area contributed by atoms with Crippen molar-refractivity contribution in [3.63, 3.8) is 0 Å². The summed E-state index contributed by atoms with van der Waals surface area (Å²) in [6.07, 6.45) is 0.915. The van der Waals surface area contributed by atoms with Crippen LogP contribution < -0.4 is 0 Å². The van der Waals surface area contributed by atoms with Gasteiger partial charge in [0, 0.05) is 18.1 Å². The van der Waals surface area contributed by atoms with Crippen LogP contribution in [-0.4, -0.2) is 24.3 Å². The molecule has 0 aliphatic heterocycles. The van der Waals surface area contributed by atoms with E-state index in [9.17, 15) is 4.79 Å². The van der Waals surface area contributed by atoms with Crippen LogP contribution in [0.2, 0.25) is 0 Å². The Morgan fingerprint density at radius 1 is 1.56 bits per heavy atom. The van der Waals surface area contributed by atoms with Crippen molar-refractivity contribution in [1.82, 2.24) is 0 Å². The number of hydrogen-bond acceptors (Lipinski definition) is 3. The summed E-state index contributed by atoms with van der Waals surface area (Å²) in [4.78, 5) is 11.2. The Balaban J connectivity index is 2.39. The van der Waals surface area contributed by atoms with Crippen molar-refractivity contribution >= 4 is 5.97 Å². The van der Waals surface area contributed by atoms with Crippen molar-refractivity contribution in [1.29, 1.82) is 0 Å². The van der Waals surface area contributed by atoms with Crippen LogP contribution in [0.15, 0.2) is 10.5 Å². The predicted octanol–water partition coefficient (Wildman–Crippen LogP) is 2.03. The van der Waals surface area contributed by atoms with Gasteiger partial charge in [0.1, 0.15) is 11.5 Å². The van der Waals surface area contributed by atoms with Crippen molar-refractivity contribution in [3.8, 4) is 0 Å². The summed E-state index contributed by atoms with van der Waals surface area (Å²) in [5.74, 6) is 0.718. The monoisotopic (exact) mass is 224 g/mol. The average Bonchev–Trinajstić information content (AvgIpc) is 2.89. The highest BCUT2D eigenvalue weighted by Gasteiger charge is 2.56. The molecular formula is C12H16O4. The second-order valence-electron chi connectivity index (χ2n) is 4.44. The molecule has 1 fully saturated rings. The largest absolute Gasteiger partial charge is 0.479 e. The van der Waals surface area contributed by atoms with Crippen molar-refractivity contribution in [2.75, 3.05) is 7.11 Å². The summed E-state index contributed by atoms with van der Waals surface area (Å²) in [5, 5.41) is 9.15. The molecule has 1 heterocycles. The first-order chi connectivity index (χ1) is 7.51. The molecule has 16 heavy (non-hydrogen) atoms. The lowest BCUT2D eigenvalue weighted by atomic mass is 9.90. The minimum atomic E-state index is -0.904. The highest BCUT2D eigenvalue weighted by Crippen LogP contribution is 2.53. The molecule has 1 aliphatic rings. The minimum absolute atomic E-state index is 0.373. The van der Waals surface area contributed by atoms with Gasteiger partial charge in [0.2, 0.25) is 0 Å². The van der Waals surface area contributed by atoms with Crippen molar-refractivity contribution in [2.45, 2.75) is 38.2 Å². The van der Waals surface area contributed by atoms with Gasteiger partial charge in [0.05, 0.1) is 0 Å². The van der Waals surface area contributed by atoms with E-state index in [0.717, 1.165) is 29.9 Å². The second-order valence-corrected chi connectivity index (χ2v) is 4.44. The van der Waals surface area contributed by atoms with Crippen LogP contribution in [0.3, 0.4) is 0 Å². The molecule has 4 nitrogen and oxygen atoms in total. The molecule has 1 aliphatic carbocycles. The number of carboxylic acids is 1. The summed E-state index contributed by atoms with van der Waals surface area (Å²) < 4.78 is 10.6. The lowest BCUT2D eigenvalue weighted by Crippen LogP contribution is -2.36. The lowest BCUT2D eigenvalue weighted by Gasteiger charge is -2.21. The second kappa shape index (κ2) is 3.63. The zero-order valence-electron chi connectivity index (χ0n) is 9.74. The fourth-order valence-electron chi connectivity index (χ4n) is 2.50. The Hall–Kier alpha value is -1.29. The molecule has 0 aromatic carbocycles. The maximum atomic E-state index is 11.2. The van der Waals surface area contributed by atoms with Gasteiger partial charge in [-0.25, -0.2) is 4.79 Å². The first kappa shape index (κ1) is 11.2. The number of carbonyl (C=O) groups is 1. The highest BCUT2D eigenvalue weighted by atomic mass is 16.5. The van der Waals surface area contributed by atoms with E-state index in [-0.39, 0.29) is 5.41 Å². The predicted molar refractivity (Wildman–Crippen MR) is 57.5 cm³/mol. The average molecular weight is 224 g/mol. The molecule has 0 saturated heterocycles. The third-order valence-corrected chi connectivity index (χ3v) is 3.33. The van der Waals surface area contributed by atoms with Crippen molar-refractivity contribution < 1.29 is 19.1 Å². The summed E-state index contributed by atoms with van der Waals surface area (Å²) >= 11 is 0. The van der Waals surface area contributed by atoms with Crippen LogP contribution >= 0.6 is 0 Å². The smallest absolute Gasteiger partial charge is 0.333 e. The van der Waals surface area contributed by atoms with Gasteiger partial charge in [-0.05, 0) is 32.8 Å². The van der Waals surface area contributed by atoms with Gasteiger partial charge in [0.15, 0.2) is 6.10 Å². The van der Waals surface area contributed by atoms with Crippen LogP contribution in [0, 0.1) is 13.8 Å². The number of hydrogen-bond donors (Lipinski definition) is 1. The number of aliphatic carboxylic acids is 1. The van der Waals surface area contributed by atoms with Crippen LogP contribution in [-0.2, 0) is 14.9 Å². The standard InChI is InChI=1S/C12H16O4/c1-7-6-9(8(2)16-7)12(4-5-12)10(15-3)11(13)14/h6,10H,4-5H2,1-3H3,(H,13,14). The van der Waals surface area contributed by atoms with E-state index in [1.54, 1.807) is 0 Å². The van der Waals surface area contributed by atoms with E-state index in [0.29, 0.717) is 0 Å². The zero-order chi connectivity index (χ0) is 11.9. The summed E-state index contributed by atoms with van der Waals surface area (Å²) in [7, 11) is 1.45. The number of aryl methyl sites for hydroxylation is 2. The number of carboxylic acid groups (broad SMARTS) is 1. The number of rotatable bonds is 4. The Bertz CT molecular complexity index is 415. The molecule has 0 spiro atoms. The van der Waals surface area contributed by atoms with Crippen LogP contribution in [0.25, 0.3) is 0 Å². The first-order valence-corrected chi connectivity index (χ1v) is 5.34. The third kappa shape index (κ3) is 1.53. The maximum absolute atomic E-state index is 11.2. The van der Waals surface area contributed by atoms with E-state index in [1.165, 1.54) is 7.11 Å². The molecule has 1 unspecified atom stereocenters. The normalized spacial score (nSPS) is 19.4. The molecule has 1 atom stereocenters. The summed E-state index contributed by atoms with van der Waals surface area (Å²) in [6, 6.07) is 1.93. The van der Waals surface area contributed by atoms with Gasteiger partial charge in [-0.2, -0.15) is 0 Å². The Morgan fingerprint density at radius 3 is 2.50 bits per heavy atom. The van der Waals surface area contributed by atoms with Crippen molar-refractivity contribution in [2.24, 2.45) is 0 Å². The van der Waals surface area contributed by atoms with Gasteiger partial charge in [0.25, 0.3) is 0 Å². The van der Waals surface area contributed by atoms with Gasteiger partial charge < -0.3 is 14.3 Å². The van der Waals surface area contributed by atoms with E-state index in [4.69, 9.17) is 14.3 Å². The van der Waals surface area contributed by atoms with E-state index >= 15 is 0 Å². The quantitative estimate of drug-likeness (QED) is 0.850. The molecule has 4 heteroatoms. The molecule has 1 N–H and O–H groups in total. The van der Waals surface area contributed by atoms with Gasteiger partial charge in [-0.1, -0.05) is 0 Å². The maximum Gasteiger partial charge on any atom is 0.333 e. The molecule has 0 amide bonds. The Labute approximate surface area is 94.2 Å². The van der Waals surface area contributed by atoms with Crippen molar-refractivity contribution in [3.05, 3.63) is 23.2 Å². The van der Waals surface area contributed by atoms with Crippen LogP contribution in [0.5, 0.6) is 0 Å². The third-order valence-electron chi connectivity index (χ3n) is 3.33. The molecule has 0 radical (unpaired) electrons. The van der Waals surface area contributed by atoms with Crippen LogP contribution in [0.4, 0.5) is 0 Å². The molecule has 88 valence electrons. The van der Waals surface area contributed by atoms with Crippen LogP contribution in [0.1, 0.15) is 29.9 Å². The number of furan rings is 1. The molecule has 1 aromatic heterocycles. The Morgan fingerprint density at radius 2 is 2.19 bits per heavy atom. The van der Waals surface area contributed by atoms with E-state index in [1.807, 2.05) is 19.9 Å². The zero-order valence-corrected chi connectivity index (χ0v) is 9.74. The number of ether oxygens (including phenoxy) is 1. The lowest BCUT2D eigenvalue weighted by molar-refractivity contribution is -0.150. The fourth-order valence-corrected chi connectivity index (χ4v) is 2.50. The Kier molecular flexibility index (Phi) is 2.54. The van der Waals surface area contributed by atoms with E-state index in [2.05, 4.69) is 0 Å². The van der Waals surface area contributed by atoms with Gasteiger partial charge in [-0.3, -0.25) is 0 Å². The molecule has 0 bridgehead atoms. The first-order valence-electron chi connectivity index (χ1n) is 5.34. The van der Waals surface area contributed by atoms with E-state index < -0.39 is 12.1 Å². The fraction of sp³-hybridized carbons (Fsp3) is 0.583. The van der Waals surface area contributed by atoms with Gasteiger partial charge in [-0.15, -0.1) is 0 Å². The topological polar surface area (TPSA) is 59.7 Å². The number of methoxy groups -OCH3 is 1. The molecular weight excluding hydrogens is 208 g/mol.